The highest BCUT2D eigenvalue weighted by Gasteiger charge is 2.34. The molecule has 1 aliphatic rings. The number of rotatable bonds is 6. The summed E-state index contributed by atoms with van der Waals surface area (Å²) in [6, 6.07) is 30.4. The van der Waals surface area contributed by atoms with Gasteiger partial charge in [-0.25, -0.2) is 0 Å². The molecule has 0 aliphatic carbocycles. The van der Waals surface area contributed by atoms with E-state index in [1.807, 2.05) is 73.7 Å². The van der Waals surface area contributed by atoms with Crippen LogP contribution >= 0.6 is 18.6 Å². The zero-order valence-electron chi connectivity index (χ0n) is 18.2. The number of hydrogen-bond acceptors (Lipinski definition) is 3. The average molecular weight is 467 g/mol. The van der Waals surface area contributed by atoms with E-state index in [4.69, 9.17) is 5.73 Å². The van der Waals surface area contributed by atoms with Gasteiger partial charge < -0.3 is 5.73 Å². The predicted molar refractivity (Wildman–Crippen MR) is 141 cm³/mol. The molecule has 3 aromatic carbocycles. The van der Waals surface area contributed by atoms with Crippen LogP contribution in [0.15, 0.2) is 124 Å². The normalized spacial score (nSPS) is 15.0. The van der Waals surface area contributed by atoms with Crippen molar-refractivity contribution >= 4 is 40.5 Å². The van der Waals surface area contributed by atoms with Gasteiger partial charge in [-0.1, -0.05) is 103 Å². The van der Waals surface area contributed by atoms with E-state index in [-0.39, 0.29) is 0 Å². The van der Waals surface area contributed by atoms with Crippen LogP contribution < -0.4 is 16.3 Å². The topological polar surface area (TPSA) is 66.9 Å². The molecule has 3 aromatic rings. The summed E-state index contributed by atoms with van der Waals surface area (Å²) in [5, 5.41) is 14.4. The Labute approximate surface area is 198 Å². The van der Waals surface area contributed by atoms with Crippen LogP contribution in [0.25, 0.3) is 0 Å². The largest absolute Gasteiger partial charge is 0.366 e. The van der Waals surface area contributed by atoms with Crippen molar-refractivity contribution in [2.45, 2.75) is 11.8 Å². The van der Waals surface area contributed by atoms with E-state index in [0.717, 1.165) is 31.0 Å². The molecule has 0 bridgehead atoms. The number of nitrogens with two attached hydrogens (primary N) is 1. The van der Waals surface area contributed by atoms with E-state index in [1.165, 1.54) is 11.8 Å². The second-order valence-corrected chi connectivity index (χ2v) is 11.8. The Morgan fingerprint density at radius 2 is 1.52 bits per heavy atom. The van der Waals surface area contributed by atoms with Gasteiger partial charge in [0.1, 0.15) is 6.07 Å². The minimum atomic E-state index is -2.44. The monoisotopic (exact) mass is 466 g/mol. The molecule has 0 saturated heterocycles. The lowest BCUT2D eigenvalue weighted by Crippen LogP contribution is -2.24. The maximum atomic E-state index is 12.1. The minimum absolute atomic E-state index is 0.456. The first-order valence-corrected chi connectivity index (χ1v) is 13.1. The summed E-state index contributed by atoms with van der Waals surface area (Å²) in [5.74, 6) is -0.456. The molecular formula is C28H23N2OPS. The number of nitriles is 1. The first-order chi connectivity index (χ1) is 16.1. The van der Waals surface area contributed by atoms with Crippen molar-refractivity contribution in [2.75, 3.05) is 0 Å². The Morgan fingerprint density at radius 1 is 0.939 bits per heavy atom. The number of benzene rings is 3. The molecule has 33 heavy (non-hydrogen) atoms. The zero-order valence-corrected chi connectivity index (χ0v) is 19.9. The highest BCUT2D eigenvalue weighted by molar-refractivity contribution is 8.06. The van der Waals surface area contributed by atoms with Gasteiger partial charge in [0.05, 0.1) is 10.9 Å². The summed E-state index contributed by atoms with van der Waals surface area (Å²) in [6.45, 7) is -0.448. The molecule has 3 nitrogen and oxygen atoms in total. The van der Waals surface area contributed by atoms with Gasteiger partial charge in [-0.3, -0.25) is 4.79 Å². The van der Waals surface area contributed by atoms with E-state index in [1.54, 1.807) is 6.07 Å². The second-order valence-electron chi connectivity index (χ2n) is 7.37. The molecular weight excluding hydrogens is 443 g/mol. The molecule has 0 radical (unpaired) electrons. The molecule has 0 aromatic heterocycles. The third-order valence-corrected chi connectivity index (χ3v) is 11.2. The first-order valence-electron chi connectivity index (χ1n) is 10.5. The molecule has 0 saturated carbocycles. The Bertz CT molecular complexity index is 1340. The fourth-order valence-electron chi connectivity index (χ4n) is 4.09. The van der Waals surface area contributed by atoms with Crippen LogP contribution in [0.2, 0.25) is 0 Å². The SMILES string of the molecule is C/C=C(\Sc1ccccc1C(N)=O)C1=P(c2ccccc2)(c2ccccc2)C(C#N)=CC=C1. The van der Waals surface area contributed by atoms with Crippen LogP contribution in [0.4, 0.5) is 0 Å². The molecule has 0 spiro atoms. The molecule has 2 N–H and O–H groups in total. The Kier molecular flexibility index (Phi) is 6.84. The third kappa shape index (κ3) is 4.14. The number of nitrogens with zero attached hydrogens (tertiary/aromatic N) is 1. The summed E-state index contributed by atoms with van der Waals surface area (Å²) >= 11 is 1.52. The smallest absolute Gasteiger partial charge is 0.249 e. The van der Waals surface area contributed by atoms with Gasteiger partial charge in [-0.2, -0.15) is 5.26 Å². The van der Waals surface area contributed by atoms with Gasteiger partial charge in [0, 0.05) is 9.80 Å². The number of carbonyl (C=O) groups is 1. The number of primary amides is 1. The predicted octanol–water partition coefficient (Wildman–Crippen LogP) is 5.60. The highest BCUT2D eigenvalue weighted by atomic mass is 32.2. The summed E-state index contributed by atoms with van der Waals surface area (Å²) in [4.78, 5) is 13.9. The minimum Gasteiger partial charge on any atom is -0.366 e. The lowest BCUT2D eigenvalue weighted by molar-refractivity contribution is 0.0997. The lowest BCUT2D eigenvalue weighted by atomic mass is 10.2. The number of carbonyl (C=O) groups excluding carboxylic acids is 1. The van der Waals surface area contributed by atoms with Gasteiger partial charge in [-0.15, -0.1) is 0 Å². The van der Waals surface area contributed by atoms with Crippen LogP contribution in [-0.4, -0.2) is 11.2 Å². The van der Waals surface area contributed by atoms with Crippen molar-refractivity contribution in [3.63, 3.8) is 0 Å². The molecule has 0 atom stereocenters. The summed E-state index contributed by atoms with van der Waals surface area (Å²) in [7, 11) is 0. The molecule has 0 fully saturated rings. The third-order valence-electron chi connectivity index (χ3n) is 5.52. The number of allylic oxidation sites excluding steroid dienone is 6. The standard InChI is InChI=1S/C28H23N2OPS/c1-2-26(33-27-19-10-9-17-24(27)28(30)31)25-18-11-16-23(20-29)32(25,21-12-5-3-6-13-21)22-14-7-4-8-15-22/h2-19H,1H3,(H2,30,31)/b26-2-. The maximum Gasteiger partial charge on any atom is 0.249 e. The van der Waals surface area contributed by atoms with E-state index >= 15 is 0 Å². The molecule has 1 aliphatic heterocycles. The van der Waals surface area contributed by atoms with Gasteiger partial charge in [-0.05, 0) is 47.9 Å². The van der Waals surface area contributed by atoms with Gasteiger partial charge in [0.25, 0.3) is 0 Å². The number of amides is 1. The van der Waals surface area contributed by atoms with Gasteiger partial charge in [0.2, 0.25) is 5.91 Å². The zero-order chi connectivity index (χ0) is 23.3. The number of thioether (sulfide) groups is 1. The lowest BCUT2D eigenvalue weighted by Gasteiger charge is -2.33. The van der Waals surface area contributed by atoms with Crippen LogP contribution in [-0.2, 0) is 0 Å². The summed E-state index contributed by atoms with van der Waals surface area (Å²) in [6.07, 6.45) is 8.06. The Balaban J connectivity index is 2.07. The van der Waals surface area contributed by atoms with Crippen molar-refractivity contribution in [1.82, 2.24) is 0 Å². The van der Waals surface area contributed by atoms with E-state index in [0.29, 0.717) is 5.56 Å². The number of hydrogen-bond donors (Lipinski definition) is 1. The van der Waals surface area contributed by atoms with Crippen molar-refractivity contribution in [2.24, 2.45) is 5.73 Å². The average Bonchev–Trinajstić information content (AvgIpc) is 2.87. The van der Waals surface area contributed by atoms with Gasteiger partial charge in [0.15, 0.2) is 0 Å². The highest BCUT2D eigenvalue weighted by Crippen LogP contribution is 2.58. The quantitative estimate of drug-likeness (QED) is 0.380. The first kappa shape index (κ1) is 22.7. The maximum absolute atomic E-state index is 12.1. The van der Waals surface area contributed by atoms with Crippen LogP contribution in [0, 0.1) is 11.3 Å². The Morgan fingerprint density at radius 3 is 2.06 bits per heavy atom. The molecule has 4 rings (SSSR count). The summed E-state index contributed by atoms with van der Waals surface area (Å²) in [5.41, 5.74) is 6.14. The van der Waals surface area contributed by atoms with Crippen LogP contribution in [0.5, 0.6) is 0 Å². The van der Waals surface area contributed by atoms with Crippen LogP contribution in [0.3, 0.4) is 0 Å². The van der Waals surface area contributed by atoms with Gasteiger partial charge >= 0.3 is 0 Å². The Hall–Kier alpha value is -3.51. The van der Waals surface area contributed by atoms with Crippen molar-refractivity contribution in [3.05, 3.63) is 125 Å². The fraction of sp³-hybridized carbons (Fsp3) is 0.0357. The molecule has 162 valence electrons. The molecule has 0 unspecified atom stereocenters. The van der Waals surface area contributed by atoms with Crippen molar-refractivity contribution in [3.8, 4) is 6.07 Å². The fourth-order valence-corrected chi connectivity index (χ4v) is 9.73. The second kappa shape index (κ2) is 9.96. The van der Waals surface area contributed by atoms with Crippen molar-refractivity contribution in [1.29, 1.82) is 5.26 Å². The van der Waals surface area contributed by atoms with E-state index < -0.39 is 12.8 Å². The van der Waals surface area contributed by atoms with Crippen LogP contribution in [0.1, 0.15) is 17.3 Å². The molecule has 5 heteroatoms. The van der Waals surface area contributed by atoms with Crippen molar-refractivity contribution < 1.29 is 4.79 Å². The van der Waals surface area contributed by atoms with E-state index in [2.05, 4.69) is 42.5 Å². The molecule has 1 heterocycles. The summed E-state index contributed by atoms with van der Waals surface area (Å²) < 4.78 is 0. The van der Waals surface area contributed by atoms with E-state index in [9.17, 15) is 10.1 Å². The molecule has 1 amide bonds.